The molecule has 1 aliphatic heterocycles. The summed E-state index contributed by atoms with van der Waals surface area (Å²) < 4.78 is 13.2. The van der Waals surface area contributed by atoms with E-state index in [0.717, 1.165) is 60.6 Å². The number of hydrogen-bond acceptors (Lipinski definition) is 5. The van der Waals surface area contributed by atoms with Crippen molar-refractivity contribution in [2.75, 3.05) is 13.2 Å². The fourth-order valence-electron chi connectivity index (χ4n) is 5.19. The van der Waals surface area contributed by atoms with Crippen LogP contribution < -0.4 is 20.3 Å². The minimum absolute atomic E-state index is 0.118. The quantitative estimate of drug-likeness (QED) is 0.602. The molecule has 1 fully saturated rings. The van der Waals surface area contributed by atoms with Crippen molar-refractivity contribution in [3.05, 3.63) is 63.7 Å². The number of rotatable bonds is 6. The van der Waals surface area contributed by atoms with Crippen LogP contribution in [-0.2, 0) is 13.1 Å². The number of benzene rings is 1. The van der Waals surface area contributed by atoms with Crippen LogP contribution in [0, 0.1) is 19.8 Å². The molecular weight excluding hydrogens is 414 g/mol. The summed E-state index contributed by atoms with van der Waals surface area (Å²) in [6.07, 6.45) is 7.55. The molecule has 1 aliphatic carbocycles. The van der Waals surface area contributed by atoms with Crippen molar-refractivity contribution < 1.29 is 9.47 Å². The predicted octanol–water partition coefficient (Wildman–Crippen LogP) is 4.52. The summed E-state index contributed by atoms with van der Waals surface area (Å²) in [5, 5.41) is 4.85. The van der Waals surface area contributed by atoms with Gasteiger partial charge in [0.25, 0.3) is 5.56 Å². The zero-order valence-corrected chi connectivity index (χ0v) is 19.6. The lowest BCUT2D eigenvalue weighted by atomic mass is 9.84. The van der Waals surface area contributed by atoms with Crippen molar-refractivity contribution in [1.82, 2.24) is 14.9 Å². The highest BCUT2D eigenvalue weighted by Crippen LogP contribution is 2.30. The fraction of sp³-hybridized carbons (Fsp3) is 0.481. The number of nitrogens with zero attached hydrogens (tertiary/aromatic N) is 2. The Kier molecular flexibility index (Phi) is 6.36. The van der Waals surface area contributed by atoms with Crippen LogP contribution in [0.5, 0.6) is 11.5 Å². The lowest BCUT2D eigenvalue weighted by molar-refractivity contribution is 0.170. The second-order valence-electron chi connectivity index (χ2n) is 9.54. The first-order chi connectivity index (χ1) is 16.1. The minimum Gasteiger partial charge on any atom is -0.486 e. The molecule has 33 heavy (non-hydrogen) atoms. The van der Waals surface area contributed by atoms with Gasteiger partial charge in [-0.25, -0.2) is 0 Å². The molecule has 0 atom stereocenters. The number of aryl methyl sites for hydroxylation is 3. The highest BCUT2D eigenvalue weighted by atomic mass is 16.6. The van der Waals surface area contributed by atoms with Crippen LogP contribution in [-0.4, -0.2) is 28.8 Å². The van der Waals surface area contributed by atoms with Gasteiger partial charge in [-0.05, 0) is 69.1 Å². The van der Waals surface area contributed by atoms with Crippen LogP contribution in [0.4, 0.5) is 0 Å². The third-order valence-corrected chi connectivity index (χ3v) is 7.14. The second kappa shape index (κ2) is 9.56. The van der Waals surface area contributed by atoms with E-state index in [0.29, 0.717) is 25.2 Å². The molecule has 1 aromatic carbocycles. The van der Waals surface area contributed by atoms with E-state index >= 15 is 0 Å². The summed E-state index contributed by atoms with van der Waals surface area (Å²) in [7, 11) is 0. The SMILES string of the molecule is Cc1ccc2c(C)cc(=O)n(CCC3CCC(NCc4cc5c(cn4)OCCO5)CC3)c2c1. The molecule has 5 rings (SSSR count). The Morgan fingerprint density at radius 3 is 2.64 bits per heavy atom. The molecule has 1 saturated carbocycles. The molecule has 0 bridgehead atoms. The average molecular weight is 448 g/mol. The van der Waals surface area contributed by atoms with E-state index in [1.165, 1.54) is 23.8 Å². The molecule has 6 nitrogen and oxygen atoms in total. The first-order valence-corrected chi connectivity index (χ1v) is 12.2. The Bertz CT molecular complexity index is 1200. The van der Waals surface area contributed by atoms with Gasteiger partial charge in [0.2, 0.25) is 0 Å². The maximum absolute atomic E-state index is 12.7. The van der Waals surface area contributed by atoms with Crippen LogP contribution in [0.3, 0.4) is 0 Å². The number of fused-ring (bicyclic) bond motifs is 2. The molecule has 1 N–H and O–H groups in total. The van der Waals surface area contributed by atoms with E-state index in [9.17, 15) is 4.79 Å². The molecule has 0 unspecified atom stereocenters. The topological polar surface area (TPSA) is 65.4 Å². The molecule has 3 heterocycles. The summed E-state index contributed by atoms with van der Waals surface area (Å²) in [5.41, 5.74) is 4.43. The molecule has 0 radical (unpaired) electrons. The van der Waals surface area contributed by atoms with Crippen LogP contribution >= 0.6 is 0 Å². The molecule has 2 aliphatic rings. The van der Waals surface area contributed by atoms with Gasteiger partial charge in [-0.3, -0.25) is 9.78 Å². The van der Waals surface area contributed by atoms with E-state index in [2.05, 4.69) is 35.4 Å². The van der Waals surface area contributed by atoms with Gasteiger partial charge in [0.1, 0.15) is 13.2 Å². The smallest absolute Gasteiger partial charge is 0.251 e. The lowest BCUT2D eigenvalue weighted by Gasteiger charge is -2.29. The van der Waals surface area contributed by atoms with Gasteiger partial charge < -0.3 is 19.4 Å². The summed E-state index contributed by atoms with van der Waals surface area (Å²) >= 11 is 0. The monoisotopic (exact) mass is 447 g/mol. The summed E-state index contributed by atoms with van der Waals surface area (Å²) in [6.45, 7) is 6.84. The molecule has 3 aromatic rings. The maximum atomic E-state index is 12.7. The minimum atomic E-state index is 0.118. The van der Waals surface area contributed by atoms with Crippen LogP contribution in [0.2, 0.25) is 0 Å². The van der Waals surface area contributed by atoms with Crippen molar-refractivity contribution in [2.24, 2.45) is 5.92 Å². The van der Waals surface area contributed by atoms with E-state index in [4.69, 9.17) is 9.47 Å². The van der Waals surface area contributed by atoms with Gasteiger partial charge in [0.05, 0.1) is 17.4 Å². The molecule has 6 heteroatoms. The highest BCUT2D eigenvalue weighted by molar-refractivity contribution is 5.83. The van der Waals surface area contributed by atoms with Gasteiger partial charge in [0, 0.05) is 36.7 Å². The first-order valence-electron chi connectivity index (χ1n) is 12.2. The molecule has 2 aromatic heterocycles. The Hall–Kier alpha value is -2.86. The second-order valence-corrected chi connectivity index (χ2v) is 9.54. The lowest BCUT2D eigenvalue weighted by Crippen LogP contribution is -2.33. The van der Waals surface area contributed by atoms with Crippen molar-refractivity contribution in [2.45, 2.75) is 65.1 Å². The van der Waals surface area contributed by atoms with Gasteiger partial charge in [0.15, 0.2) is 11.5 Å². The van der Waals surface area contributed by atoms with Gasteiger partial charge in [-0.1, -0.05) is 12.1 Å². The summed E-state index contributed by atoms with van der Waals surface area (Å²) in [4.78, 5) is 17.2. The Morgan fingerprint density at radius 2 is 1.82 bits per heavy atom. The Morgan fingerprint density at radius 1 is 1.03 bits per heavy atom. The first kappa shape index (κ1) is 22.0. The van der Waals surface area contributed by atoms with E-state index in [-0.39, 0.29) is 5.56 Å². The van der Waals surface area contributed by atoms with Crippen molar-refractivity contribution in [3.8, 4) is 11.5 Å². The standard InChI is InChI=1S/C27H33N3O3/c1-18-3-8-23-19(2)14-27(31)30(24(23)13-18)10-9-20-4-6-21(7-5-20)28-16-22-15-25-26(17-29-22)33-12-11-32-25/h3,8,13-15,17,20-21,28H,4-7,9-12,16H2,1-2H3. The number of aromatic nitrogens is 2. The Labute approximate surface area is 194 Å². The molecular formula is C27H33N3O3. The number of pyridine rings is 2. The van der Waals surface area contributed by atoms with Gasteiger partial charge in [-0.15, -0.1) is 0 Å². The normalized spacial score (nSPS) is 20.2. The van der Waals surface area contributed by atoms with Gasteiger partial charge >= 0.3 is 0 Å². The fourth-order valence-corrected chi connectivity index (χ4v) is 5.19. The van der Waals surface area contributed by atoms with Crippen molar-refractivity contribution in [1.29, 1.82) is 0 Å². The van der Waals surface area contributed by atoms with E-state index < -0.39 is 0 Å². The van der Waals surface area contributed by atoms with E-state index in [1.54, 1.807) is 12.3 Å². The zero-order valence-electron chi connectivity index (χ0n) is 19.6. The third kappa shape index (κ3) is 4.91. The molecule has 0 spiro atoms. The summed E-state index contributed by atoms with van der Waals surface area (Å²) in [5.74, 6) is 2.20. The molecule has 0 amide bonds. The average Bonchev–Trinajstić information content (AvgIpc) is 2.83. The maximum Gasteiger partial charge on any atom is 0.251 e. The van der Waals surface area contributed by atoms with Crippen molar-refractivity contribution >= 4 is 10.9 Å². The predicted molar refractivity (Wildman–Crippen MR) is 130 cm³/mol. The number of ether oxygens (including phenoxy) is 2. The number of hydrogen-bond donors (Lipinski definition) is 1. The zero-order chi connectivity index (χ0) is 22.8. The molecule has 174 valence electrons. The third-order valence-electron chi connectivity index (χ3n) is 7.14. The molecule has 0 saturated heterocycles. The largest absolute Gasteiger partial charge is 0.486 e. The van der Waals surface area contributed by atoms with Crippen LogP contribution in [0.15, 0.2) is 41.3 Å². The number of nitrogens with one attached hydrogen (secondary N) is 1. The van der Waals surface area contributed by atoms with Crippen molar-refractivity contribution in [3.63, 3.8) is 0 Å². The van der Waals surface area contributed by atoms with Crippen LogP contribution in [0.25, 0.3) is 10.9 Å². The van der Waals surface area contributed by atoms with Crippen LogP contribution in [0.1, 0.15) is 48.9 Å². The van der Waals surface area contributed by atoms with E-state index in [1.807, 2.05) is 17.6 Å². The van der Waals surface area contributed by atoms with Gasteiger partial charge in [-0.2, -0.15) is 0 Å². The Balaban J connectivity index is 1.14. The highest BCUT2D eigenvalue weighted by Gasteiger charge is 2.22. The summed E-state index contributed by atoms with van der Waals surface area (Å²) in [6, 6.07) is 10.7.